The summed E-state index contributed by atoms with van der Waals surface area (Å²) in [4.78, 5) is 2.33. The van der Waals surface area contributed by atoms with E-state index in [1.54, 1.807) is 0 Å². The highest BCUT2D eigenvalue weighted by Gasteiger charge is 2.05. The van der Waals surface area contributed by atoms with Gasteiger partial charge in [0.15, 0.2) is 0 Å². The maximum absolute atomic E-state index is 4.99. The van der Waals surface area contributed by atoms with Crippen molar-refractivity contribution in [2.75, 3.05) is 33.2 Å². The van der Waals surface area contributed by atoms with Gasteiger partial charge in [-0.05, 0) is 27.8 Å². The van der Waals surface area contributed by atoms with Gasteiger partial charge in [0.25, 0.3) is 0 Å². The predicted octanol–water partition coefficient (Wildman–Crippen LogP) is 1.47. The Hall–Kier alpha value is -0.540. The van der Waals surface area contributed by atoms with Crippen molar-refractivity contribution in [1.29, 1.82) is 0 Å². The molecule has 1 saturated heterocycles. The summed E-state index contributed by atoms with van der Waals surface area (Å²) in [5.74, 6) is 0. The Labute approximate surface area is 88.1 Å². The molecule has 3 heteroatoms. The van der Waals surface area contributed by atoms with Gasteiger partial charge in [-0.3, -0.25) is 0 Å². The molecule has 1 aliphatic rings. The number of ether oxygens (including phenoxy) is 1. The third kappa shape index (κ3) is 9.55. The van der Waals surface area contributed by atoms with Gasteiger partial charge in [0.2, 0.25) is 0 Å². The summed E-state index contributed by atoms with van der Waals surface area (Å²) in [5, 5.41) is 3.27. The van der Waals surface area contributed by atoms with Gasteiger partial charge < -0.3 is 15.0 Å². The van der Waals surface area contributed by atoms with E-state index in [-0.39, 0.29) is 5.60 Å². The third-order valence-corrected chi connectivity index (χ3v) is 1.78. The Morgan fingerprint density at radius 1 is 1.29 bits per heavy atom. The van der Waals surface area contributed by atoms with E-state index in [1.807, 2.05) is 20.8 Å². The van der Waals surface area contributed by atoms with Crippen molar-refractivity contribution in [2.45, 2.75) is 26.4 Å². The van der Waals surface area contributed by atoms with E-state index in [4.69, 9.17) is 4.74 Å². The summed E-state index contributed by atoms with van der Waals surface area (Å²) in [7, 11) is 2.15. The molecule has 0 amide bonds. The minimum Gasteiger partial charge on any atom is -0.496 e. The van der Waals surface area contributed by atoms with E-state index in [0.717, 1.165) is 13.1 Å². The fraction of sp³-hybridized carbons (Fsp3) is 0.818. The lowest BCUT2D eigenvalue weighted by atomic mass is 10.2. The van der Waals surface area contributed by atoms with Gasteiger partial charge in [0.1, 0.15) is 0 Å². The molecule has 1 rings (SSSR count). The fourth-order valence-electron chi connectivity index (χ4n) is 1.03. The minimum absolute atomic E-state index is 0.0677. The lowest BCUT2D eigenvalue weighted by Gasteiger charge is -2.21. The predicted molar refractivity (Wildman–Crippen MR) is 61.4 cm³/mol. The molecule has 0 aromatic carbocycles. The number of hydrogen-bond donors (Lipinski definition) is 1. The molecule has 0 aromatic heterocycles. The molecule has 0 aliphatic carbocycles. The number of nitrogens with one attached hydrogen (secondary N) is 1. The van der Waals surface area contributed by atoms with Gasteiger partial charge in [0, 0.05) is 26.2 Å². The van der Waals surface area contributed by atoms with Crippen LogP contribution in [0.1, 0.15) is 20.8 Å². The van der Waals surface area contributed by atoms with Crippen LogP contribution >= 0.6 is 0 Å². The highest BCUT2D eigenvalue weighted by atomic mass is 16.5. The second-order valence-electron chi connectivity index (χ2n) is 4.45. The van der Waals surface area contributed by atoms with Crippen LogP contribution in [0.3, 0.4) is 0 Å². The van der Waals surface area contributed by atoms with Crippen LogP contribution in [-0.2, 0) is 4.74 Å². The van der Waals surface area contributed by atoms with Crippen LogP contribution < -0.4 is 5.32 Å². The van der Waals surface area contributed by atoms with Crippen LogP contribution in [0.4, 0.5) is 0 Å². The van der Waals surface area contributed by atoms with Crippen LogP contribution in [0.25, 0.3) is 0 Å². The molecule has 0 radical (unpaired) electrons. The van der Waals surface area contributed by atoms with Gasteiger partial charge >= 0.3 is 0 Å². The Morgan fingerprint density at radius 2 is 1.79 bits per heavy atom. The standard InChI is InChI=1S/C6H12O.C5H12N2/c1-5-7-6(2,3)4;1-7-4-2-6-3-5-7/h5H,1H2,2-4H3;6H,2-5H2,1H3. The Balaban J connectivity index is 0.000000241. The molecular weight excluding hydrogens is 176 g/mol. The van der Waals surface area contributed by atoms with E-state index >= 15 is 0 Å². The summed E-state index contributed by atoms with van der Waals surface area (Å²) in [6, 6.07) is 0. The van der Waals surface area contributed by atoms with E-state index in [2.05, 4.69) is 23.8 Å². The molecule has 1 N–H and O–H groups in total. The average Bonchev–Trinajstić information content (AvgIpc) is 2.04. The zero-order chi connectivity index (χ0) is 11.0. The van der Waals surface area contributed by atoms with Gasteiger partial charge in [-0.1, -0.05) is 6.58 Å². The van der Waals surface area contributed by atoms with Crippen LogP contribution in [0, 0.1) is 0 Å². The summed E-state index contributed by atoms with van der Waals surface area (Å²) >= 11 is 0. The first kappa shape index (κ1) is 13.5. The Kier molecular flexibility index (Phi) is 6.58. The Morgan fingerprint density at radius 3 is 1.93 bits per heavy atom. The minimum atomic E-state index is -0.0677. The van der Waals surface area contributed by atoms with E-state index < -0.39 is 0 Å². The maximum Gasteiger partial charge on any atom is 0.0997 e. The zero-order valence-corrected chi connectivity index (χ0v) is 9.97. The number of piperazine rings is 1. The molecule has 3 nitrogen and oxygen atoms in total. The first-order chi connectivity index (χ1) is 6.45. The summed E-state index contributed by atoms with van der Waals surface area (Å²) in [5.41, 5.74) is -0.0677. The monoisotopic (exact) mass is 200 g/mol. The molecule has 0 spiro atoms. The van der Waals surface area contributed by atoms with Crippen molar-refractivity contribution in [3.8, 4) is 0 Å². The lowest BCUT2D eigenvalue weighted by molar-refractivity contribution is 0.0775. The van der Waals surface area contributed by atoms with Gasteiger partial charge in [0.05, 0.1) is 11.9 Å². The van der Waals surface area contributed by atoms with Crippen LogP contribution in [0.2, 0.25) is 0 Å². The van der Waals surface area contributed by atoms with Crippen molar-refractivity contribution in [2.24, 2.45) is 0 Å². The molecule has 1 heterocycles. The topological polar surface area (TPSA) is 24.5 Å². The van der Waals surface area contributed by atoms with Crippen molar-refractivity contribution >= 4 is 0 Å². The molecule has 1 aliphatic heterocycles. The van der Waals surface area contributed by atoms with Crippen LogP contribution in [-0.4, -0.2) is 43.7 Å². The van der Waals surface area contributed by atoms with Crippen molar-refractivity contribution < 1.29 is 4.74 Å². The second kappa shape index (κ2) is 6.85. The average molecular weight is 200 g/mol. The maximum atomic E-state index is 4.99. The second-order valence-corrected chi connectivity index (χ2v) is 4.45. The normalized spacial score (nSPS) is 18.0. The number of nitrogens with zero attached hydrogens (tertiary/aromatic N) is 1. The largest absolute Gasteiger partial charge is 0.496 e. The first-order valence-corrected chi connectivity index (χ1v) is 5.13. The van der Waals surface area contributed by atoms with Crippen molar-refractivity contribution in [3.63, 3.8) is 0 Å². The third-order valence-electron chi connectivity index (χ3n) is 1.78. The molecule has 0 aromatic rings. The molecule has 0 saturated carbocycles. The molecule has 0 bridgehead atoms. The van der Waals surface area contributed by atoms with Gasteiger partial charge in [-0.15, -0.1) is 0 Å². The van der Waals surface area contributed by atoms with Gasteiger partial charge in [-0.2, -0.15) is 0 Å². The van der Waals surface area contributed by atoms with Gasteiger partial charge in [-0.25, -0.2) is 0 Å². The summed E-state index contributed by atoms with van der Waals surface area (Å²) < 4.78 is 4.99. The van der Waals surface area contributed by atoms with Crippen molar-refractivity contribution in [3.05, 3.63) is 12.8 Å². The molecular formula is C11H24N2O. The molecule has 0 unspecified atom stereocenters. The van der Waals surface area contributed by atoms with Crippen LogP contribution in [0.5, 0.6) is 0 Å². The highest BCUT2D eigenvalue weighted by Crippen LogP contribution is 2.05. The SMILES string of the molecule is C=COC(C)(C)C.CN1CCNCC1. The number of rotatable bonds is 1. The van der Waals surface area contributed by atoms with E-state index in [9.17, 15) is 0 Å². The Bertz CT molecular complexity index is 146. The zero-order valence-electron chi connectivity index (χ0n) is 9.97. The number of hydrogen-bond acceptors (Lipinski definition) is 3. The van der Waals surface area contributed by atoms with Crippen molar-refractivity contribution in [1.82, 2.24) is 10.2 Å². The first-order valence-electron chi connectivity index (χ1n) is 5.13. The fourth-order valence-corrected chi connectivity index (χ4v) is 1.03. The molecule has 1 fully saturated rings. The molecule has 84 valence electrons. The quantitative estimate of drug-likeness (QED) is 0.649. The highest BCUT2D eigenvalue weighted by molar-refractivity contribution is 4.64. The number of likely N-dealkylation sites (N-methyl/N-ethyl adjacent to an activating group) is 1. The summed E-state index contributed by atoms with van der Waals surface area (Å²) in [6.45, 7) is 14.1. The van der Waals surface area contributed by atoms with Crippen LogP contribution in [0.15, 0.2) is 12.8 Å². The smallest absolute Gasteiger partial charge is 0.0997 e. The lowest BCUT2D eigenvalue weighted by Crippen LogP contribution is -2.40. The van der Waals surface area contributed by atoms with E-state index in [1.165, 1.54) is 19.4 Å². The van der Waals surface area contributed by atoms with E-state index in [0.29, 0.717) is 0 Å². The molecule has 0 atom stereocenters. The molecule has 14 heavy (non-hydrogen) atoms. The summed E-state index contributed by atoms with van der Waals surface area (Å²) in [6.07, 6.45) is 1.46.